The molecule has 106 valence electrons. The van der Waals surface area contributed by atoms with Gasteiger partial charge in [-0.2, -0.15) is 0 Å². The van der Waals surface area contributed by atoms with E-state index in [1.165, 1.54) is 23.1 Å². The van der Waals surface area contributed by atoms with Gasteiger partial charge in [-0.25, -0.2) is 0 Å². The Morgan fingerprint density at radius 1 is 1.40 bits per heavy atom. The number of carbonyl (C=O) groups is 1. The number of anilines is 1. The first-order chi connectivity index (χ1) is 9.45. The van der Waals surface area contributed by atoms with Gasteiger partial charge in [-0.1, -0.05) is 46.3 Å². The van der Waals surface area contributed by atoms with Gasteiger partial charge in [0.2, 0.25) is 5.91 Å². The number of nitrogens with one attached hydrogen (secondary N) is 1. The van der Waals surface area contributed by atoms with Gasteiger partial charge in [0.1, 0.15) is 5.01 Å². The highest BCUT2D eigenvalue weighted by atomic mass is 35.5. The van der Waals surface area contributed by atoms with E-state index in [0.29, 0.717) is 15.7 Å². The fourth-order valence-electron chi connectivity index (χ4n) is 1.36. The predicted octanol–water partition coefficient (Wildman–Crippen LogP) is 4.27. The summed E-state index contributed by atoms with van der Waals surface area (Å²) in [6, 6.07) is 4.93. The van der Waals surface area contributed by atoms with E-state index in [1.807, 2.05) is 6.92 Å². The highest BCUT2D eigenvalue weighted by Crippen LogP contribution is 2.29. The van der Waals surface area contributed by atoms with Crippen molar-refractivity contribution in [3.8, 4) is 0 Å². The van der Waals surface area contributed by atoms with Crippen LogP contribution < -0.4 is 5.32 Å². The molecule has 1 aromatic carbocycles. The molecule has 0 aliphatic heterocycles. The Kier molecular flexibility index (Phi) is 5.26. The SMILES string of the molecule is Cc1nnc(S[C@H](C)C(=O)Nc2cc(Cl)ccc2Cl)s1. The summed E-state index contributed by atoms with van der Waals surface area (Å²) in [5.41, 5.74) is 0.505. The van der Waals surface area contributed by atoms with Crippen molar-refractivity contribution in [3.63, 3.8) is 0 Å². The van der Waals surface area contributed by atoms with Crippen LogP contribution in [-0.2, 0) is 4.79 Å². The lowest BCUT2D eigenvalue weighted by molar-refractivity contribution is -0.115. The van der Waals surface area contributed by atoms with E-state index in [-0.39, 0.29) is 11.2 Å². The Bertz CT molecular complexity index is 633. The molecule has 1 aromatic heterocycles. The molecular weight excluding hydrogens is 337 g/mol. The van der Waals surface area contributed by atoms with Crippen molar-refractivity contribution in [1.82, 2.24) is 10.2 Å². The molecule has 0 bridgehead atoms. The van der Waals surface area contributed by atoms with E-state index in [9.17, 15) is 4.79 Å². The zero-order valence-electron chi connectivity index (χ0n) is 10.7. The third kappa shape index (κ3) is 4.09. The number of aryl methyl sites for hydroxylation is 1. The van der Waals surface area contributed by atoms with Gasteiger partial charge in [0.05, 0.1) is 16.0 Å². The fourth-order valence-corrected chi connectivity index (χ4v) is 3.65. The maximum atomic E-state index is 12.1. The zero-order chi connectivity index (χ0) is 14.7. The number of hydrogen-bond donors (Lipinski definition) is 1. The van der Waals surface area contributed by atoms with Crippen LogP contribution in [0.25, 0.3) is 0 Å². The molecule has 20 heavy (non-hydrogen) atoms. The van der Waals surface area contributed by atoms with Crippen LogP contribution in [0.5, 0.6) is 0 Å². The summed E-state index contributed by atoms with van der Waals surface area (Å²) in [5, 5.41) is 12.2. The van der Waals surface area contributed by atoms with Crippen LogP contribution in [0.3, 0.4) is 0 Å². The van der Waals surface area contributed by atoms with Crippen molar-refractivity contribution in [2.24, 2.45) is 0 Å². The lowest BCUT2D eigenvalue weighted by atomic mass is 10.3. The first-order valence-electron chi connectivity index (χ1n) is 5.68. The third-order valence-electron chi connectivity index (χ3n) is 2.34. The molecule has 2 aromatic rings. The average molecular weight is 348 g/mol. The summed E-state index contributed by atoms with van der Waals surface area (Å²) in [5.74, 6) is -0.160. The van der Waals surface area contributed by atoms with Gasteiger partial charge >= 0.3 is 0 Å². The number of carbonyl (C=O) groups excluding carboxylic acids is 1. The summed E-state index contributed by atoms with van der Waals surface area (Å²) >= 11 is 14.7. The average Bonchev–Trinajstić information content (AvgIpc) is 2.79. The molecule has 2 rings (SSSR count). The van der Waals surface area contributed by atoms with Crippen molar-refractivity contribution in [2.45, 2.75) is 23.4 Å². The molecule has 8 heteroatoms. The molecule has 1 amide bonds. The van der Waals surface area contributed by atoms with Gasteiger partial charge < -0.3 is 5.32 Å². The molecule has 0 saturated carbocycles. The van der Waals surface area contributed by atoms with Crippen LogP contribution in [0.4, 0.5) is 5.69 Å². The van der Waals surface area contributed by atoms with Crippen molar-refractivity contribution in [2.75, 3.05) is 5.32 Å². The molecule has 0 aliphatic carbocycles. The number of aromatic nitrogens is 2. The molecule has 4 nitrogen and oxygen atoms in total. The number of amides is 1. The number of halogens is 2. The summed E-state index contributed by atoms with van der Waals surface area (Å²) in [4.78, 5) is 12.1. The Morgan fingerprint density at radius 2 is 2.15 bits per heavy atom. The number of thioether (sulfide) groups is 1. The first-order valence-corrected chi connectivity index (χ1v) is 8.13. The quantitative estimate of drug-likeness (QED) is 0.839. The van der Waals surface area contributed by atoms with Gasteiger partial charge in [-0.05, 0) is 32.0 Å². The van der Waals surface area contributed by atoms with E-state index in [4.69, 9.17) is 23.2 Å². The smallest absolute Gasteiger partial charge is 0.237 e. The van der Waals surface area contributed by atoms with Crippen LogP contribution in [0.2, 0.25) is 10.0 Å². The lowest BCUT2D eigenvalue weighted by Crippen LogP contribution is -2.22. The molecule has 0 unspecified atom stereocenters. The highest BCUT2D eigenvalue weighted by Gasteiger charge is 2.17. The topological polar surface area (TPSA) is 54.9 Å². The molecule has 0 fully saturated rings. The molecule has 0 aliphatic rings. The summed E-state index contributed by atoms with van der Waals surface area (Å²) in [6.45, 7) is 3.67. The maximum Gasteiger partial charge on any atom is 0.237 e. The zero-order valence-corrected chi connectivity index (χ0v) is 13.8. The third-order valence-corrected chi connectivity index (χ3v) is 4.93. The highest BCUT2D eigenvalue weighted by molar-refractivity contribution is 8.02. The van der Waals surface area contributed by atoms with Crippen LogP contribution in [0.15, 0.2) is 22.5 Å². The second kappa shape index (κ2) is 6.76. The Morgan fingerprint density at radius 3 is 2.80 bits per heavy atom. The molecule has 1 atom stereocenters. The van der Waals surface area contributed by atoms with Crippen LogP contribution in [-0.4, -0.2) is 21.4 Å². The summed E-state index contributed by atoms with van der Waals surface area (Å²) in [7, 11) is 0. The number of hydrogen-bond acceptors (Lipinski definition) is 5. The minimum Gasteiger partial charge on any atom is -0.324 e. The van der Waals surface area contributed by atoms with E-state index in [1.54, 1.807) is 25.1 Å². The second-order valence-corrected chi connectivity index (χ2v) is 7.57. The van der Waals surface area contributed by atoms with Gasteiger partial charge in [-0.3, -0.25) is 4.79 Å². The second-order valence-electron chi connectivity index (χ2n) is 3.96. The monoisotopic (exact) mass is 347 g/mol. The standard InChI is InChI=1S/C12H11Cl2N3OS2/c1-6(19-12-17-16-7(2)20-12)11(18)15-10-5-8(13)3-4-9(10)14/h3-6H,1-2H3,(H,15,18)/t6-/m1/s1. The van der Waals surface area contributed by atoms with Crippen LogP contribution in [0.1, 0.15) is 11.9 Å². The Hall–Kier alpha value is -0.820. The van der Waals surface area contributed by atoms with Crippen molar-refractivity contribution in [1.29, 1.82) is 0 Å². The number of rotatable bonds is 4. The van der Waals surface area contributed by atoms with E-state index in [0.717, 1.165) is 9.35 Å². The minimum atomic E-state index is -0.308. The molecule has 0 radical (unpaired) electrons. The first kappa shape index (κ1) is 15.6. The maximum absolute atomic E-state index is 12.1. The molecule has 0 spiro atoms. The summed E-state index contributed by atoms with van der Waals surface area (Å²) in [6.07, 6.45) is 0. The van der Waals surface area contributed by atoms with Crippen LogP contribution >= 0.6 is 46.3 Å². The molecular formula is C12H11Cl2N3OS2. The number of nitrogens with zero attached hydrogens (tertiary/aromatic N) is 2. The van der Waals surface area contributed by atoms with Gasteiger partial charge in [0.25, 0.3) is 0 Å². The van der Waals surface area contributed by atoms with E-state index < -0.39 is 0 Å². The van der Waals surface area contributed by atoms with Crippen molar-refractivity contribution >= 4 is 57.9 Å². The lowest BCUT2D eigenvalue weighted by Gasteiger charge is -2.11. The van der Waals surface area contributed by atoms with Gasteiger partial charge in [0, 0.05) is 5.02 Å². The van der Waals surface area contributed by atoms with E-state index >= 15 is 0 Å². The van der Waals surface area contributed by atoms with Gasteiger partial charge in [0.15, 0.2) is 4.34 Å². The summed E-state index contributed by atoms with van der Waals surface area (Å²) < 4.78 is 0.766. The van der Waals surface area contributed by atoms with Crippen molar-refractivity contribution in [3.05, 3.63) is 33.3 Å². The minimum absolute atomic E-state index is 0.160. The van der Waals surface area contributed by atoms with Gasteiger partial charge in [-0.15, -0.1) is 10.2 Å². The Balaban J connectivity index is 2.02. The Labute approximate surface area is 134 Å². The normalized spacial score (nSPS) is 12.2. The fraction of sp³-hybridized carbons (Fsp3) is 0.250. The van der Waals surface area contributed by atoms with Crippen molar-refractivity contribution < 1.29 is 4.79 Å². The molecule has 1 N–H and O–H groups in total. The van der Waals surface area contributed by atoms with E-state index in [2.05, 4.69) is 15.5 Å². The molecule has 0 saturated heterocycles. The van der Waals surface area contributed by atoms with Crippen LogP contribution in [0, 0.1) is 6.92 Å². The molecule has 1 heterocycles. The largest absolute Gasteiger partial charge is 0.324 e. The predicted molar refractivity (Wildman–Crippen MR) is 85.1 cm³/mol. The number of benzene rings is 1.